The van der Waals surface area contributed by atoms with Crippen LogP contribution in [0.3, 0.4) is 0 Å². The molecular weight excluding hydrogens is 887 g/mol. The van der Waals surface area contributed by atoms with Crippen LogP contribution in [-0.4, -0.2) is 82.3 Å². The fourth-order valence-electron chi connectivity index (χ4n) is 7.46. The Morgan fingerprint density at radius 3 is 1.24 bits per heavy atom. The number of nitrogens with zero attached hydrogens (tertiary/aromatic N) is 1. The van der Waals surface area contributed by atoms with Crippen LogP contribution in [0.1, 0.15) is 219 Å². The number of esters is 2. The monoisotopic (exact) mass is 992 g/mol. The SMILES string of the molecule is CC/C=C\C/C=C\C/C=C\C/C=C\C/C=C\CCCC(=O)OC(COC(=O)CCCCCCCCCCCCCCCC/C=C\C/C=C\C/C=C\CCCCCCC)COC(OCC[N+](C)(C)C)C(=O)[O-]. The topological polar surface area (TPSA) is 111 Å². The maximum Gasteiger partial charge on any atom is 0.306 e. The van der Waals surface area contributed by atoms with Crippen LogP contribution in [0, 0.1) is 0 Å². The number of unbranched alkanes of at least 4 members (excludes halogenated alkanes) is 20. The highest BCUT2D eigenvalue weighted by Gasteiger charge is 2.21. The number of carboxylic acid groups (broad SMARTS) is 1. The van der Waals surface area contributed by atoms with Crippen molar-refractivity contribution in [3.63, 3.8) is 0 Å². The van der Waals surface area contributed by atoms with Gasteiger partial charge >= 0.3 is 11.9 Å². The quantitative estimate of drug-likeness (QED) is 0.0195. The summed E-state index contributed by atoms with van der Waals surface area (Å²) in [4.78, 5) is 37.2. The maximum absolute atomic E-state index is 12.8. The molecular formula is C62H105NO8. The molecule has 0 saturated heterocycles. The second-order valence-corrected chi connectivity index (χ2v) is 19.8. The molecule has 2 unspecified atom stereocenters. The van der Waals surface area contributed by atoms with E-state index in [0.717, 1.165) is 64.2 Å². The van der Waals surface area contributed by atoms with Gasteiger partial charge in [-0.3, -0.25) is 9.59 Å². The van der Waals surface area contributed by atoms with Crippen LogP contribution in [0.2, 0.25) is 0 Å². The van der Waals surface area contributed by atoms with Crippen molar-refractivity contribution in [3.05, 3.63) is 97.2 Å². The number of likely N-dealkylation sites (N-methyl/N-ethyl adjacent to an activating group) is 1. The summed E-state index contributed by atoms with van der Waals surface area (Å²) < 4.78 is 22.6. The lowest BCUT2D eigenvalue weighted by Gasteiger charge is -2.26. The van der Waals surface area contributed by atoms with E-state index in [-0.39, 0.29) is 38.6 Å². The second-order valence-electron chi connectivity index (χ2n) is 19.8. The highest BCUT2D eigenvalue weighted by Crippen LogP contribution is 2.15. The van der Waals surface area contributed by atoms with E-state index in [1.807, 2.05) is 27.2 Å². The molecule has 0 saturated carbocycles. The fraction of sp³-hybridized carbons (Fsp3) is 0.694. The number of rotatable bonds is 51. The summed E-state index contributed by atoms with van der Waals surface area (Å²) in [5, 5.41) is 11.8. The average molecular weight is 993 g/mol. The van der Waals surface area contributed by atoms with E-state index in [9.17, 15) is 19.5 Å². The molecule has 0 aliphatic carbocycles. The Labute approximate surface area is 435 Å². The van der Waals surface area contributed by atoms with Crippen molar-refractivity contribution in [1.82, 2.24) is 0 Å². The highest BCUT2D eigenvalue weighted by atomic mass is 16.7. The van der Waals surface area contributed by atoms with Gasteiger partial charge in [0.15, 0.2) is 12.4 Å². The predicted molar refractivity (Wildman–Crippen MR) is 297 cm³/mol. The molecule has 0 spiro atoms. The molecule has 71 heavy (non-hydrogen) atoms. The van der Waals surface area contributed by atoms with Crippen molar-refractivity contribution in [2.45, 2.75) is 232 Å². The summed E-state index contributed by atoms with van der Waals surface area (Å²) in [5.41, 5.74) is 0. The van der Waals surface area contributed by atoms with Gasteiger partial charge in [0.05, 0.1) is 40.3 Å². The minimum absolute atomic E-state index is 0.132. The van der Waals surface area contributed by atoms with Gasteiger partial charge in [-0.25, -0.2) is 0 Å². The number of carbonyl (C=O) groups excluding carboxylic acids is 3. The molecule has 2 atom stereocenters. The molecule has 0 aliphatic heterocycles. The van der Waals surface area contributed by atoms with Crippen LogP contribution in [-0.2, 0) is 33.3 Å². The molecule has 0 heterocycles. The van der Waals surface area contributed by atoms with E-state index < -0.39 is 24.3 Å². The van der Waals surface area contributed by atoms with Crippen LogP contribution >= 0.6 is 0 Å². The van der Waals surface area contributed by atoms with Crippen molar-refractivity contribution >= 4 is 17.9 Å². The molecule has 0 fully saturated rings. The summed E-state index contributed by atoms with van der Waals surface area (Å²) in [6.07, 6.45) is 67.6. The first kappa shape index (κ1) is 67.2. The summed E-state index contributed by atoms with van der Waals surface area (Å²) in [6.45, 7) is 4.55. The lowest BCUT2D eigenvalue weighted by molar-refractivity contribution is -0.870. The molecule has 9 heteroatoms. The lowest BCUT2D eigenvalue weighted by Crippen LogP contribution is -2.44. The Balaban J connectivity index is 4.26. The normalized spacial score (nSPS) is 13.5. The third kappa shape index (κ3) is 53.8. The van der Waals surface area contributed by atoms with Gasteiger partial charge in [-0.15, -0.1) is 0 Å². The Morgan fingerprint density at radius 2 is 0.817 bits per heavy atom. The first-order chi connectivity index (χ1) is 34.6. The van der Waals surface area contributed by atoms with Gasteiger partial charge in [0, 0.05) is 12.8 Å². The van der Waals surface area contributed by atoms with Crippen LogP contribution in [0.25, 0.3) is 0 Å². The number of aliphatic carboxylic acids is 1. The zero-order chi connectivity index (χ0) is 52.0. The number of hydrogen-bond donors (Lipinski definition) is 0. The Kier molecular flexibility index (Phi) is 49.7. The first-order valence-electron chi connectivity index (χ1n) is 28.4. The Bertz CT molecular complexity index is 1480. The molecule has 9 nitrogen and oxygen atoms in total. The molecule has 406 valence electrons. The summed E-state index contributed by atoms with van der Waals surface area (Å²) in [6, 6.07) is 0. The molecule has 0 radical (unpaired) electrons. The zero-order valence-corrected chi connectivity index (χ0v) is 46.1. The number of quaternary nitrogens is 1. The first-order valence-corrected chi connectivity index (χ1v) is 28.4. The van der Waals surface area contributed by atoms with Crippen molar-refractivity contribution in [2.24, 2.45) is 0 Å². The second kappa shape index (κ2) is 52.5. The number of carbonyl (C=O) groups is 3. The van der Waals surface area contributed by atoms with Crippen LogP contribution in [0.4, 0.5) is 0 Å². The summed E-state index contributed by atoms with van der Waals surface area (Å²) in [5.74, 6) is -2.37. The van der Waals surface area contributed by atoms with E-state index in [1.165, 1.54) is 116 Å². The van der Waals surface area contributed by atoms with E-state index in [2.05, 4.69) is 105 Å². The molecule has 0 aromatic heterocycles. The van der Waals surface area contributed by atoms with Crippen molar-refractivity contribution in [1.29, 1.82) is 0 Å². The van der Waals surface area contributed by atoms with Crippen molar-refractivity contribution < 1.29 is 42.9 Å². The number of carboxylic acids is 1. The molecule has 0 aliphatic rings. The van der Waals surface area contributed by atoms with Gasteiger partial charge in [0.25, 0.3) is 0 Å². The summed E-state index contributed by atoms with van der Waals surface area (Å²) >= 11 is 0. The minimum atomic E-state index is -1.64. The standard InChI is InChI=1S/C62H105NO8/c1-6-8-10-12-14-16-18-20-22-24-25-26-27-28-29-30-31-32-33-34-35-37-38-40-42-44-46-48-50-52-59(64)69-56-58(57-70-62(61(66)67)68-55-54-63(3,4)5)71-60(65)53-51-49-47-45-43-41-39-36-23-21-19-17-15-13-11-9-7-2/h9,11,15,17-18,20-21,23-25,27-28,39,41,45,47,58,62H,6-8,10,12-14,16,19,22,26,29-38,40,42-44,46,48-57H2,1-5H3/b11-9-,17-15-,20-18-,23-21-,25-24-,28-27-,41-39-,47-45-. The van der Waals surface area contributed by atoms with Gasteiger partial charge in [-0.05, 0) is 89.9 Å². The van der Waals surface area contributed by atoms with Crippen LogP contribution in [0.5, 0.6) is 0 Å². The smallest absolute Gasteiger partial charge is 0.306 e. The van der Waals surface area contributed by atoms with Crippen molar-refractivity contribution in [2.75, 3.05) is 47.5 Å². The number of allylic oxidation sites excluding steroid dienone is 16. The average Bonchev–Trinajstić information content (AvgIpc) is 3.34. The van der Waals surface area contributed by atoms with Gasteiger partial charge in [-0.1, -0.05) is 214 Å². The predicted octanol–water partition coefficient (Wildman–Crippen LogP) is 15.2. The molecule has 0 bridgehead atoms. The van der Waals surface area contributed by atoms with Gasteiger partial charge in [-0.2, -0.15) is 0 Å². The molecule has 0 aromatic rings. The molecule has 0 amide bonds. The fourth-order valence-corrected chi connectivity index (χ4v) is 7.46. The third-order valence-electron chi connectivity index (χ3n) is 11.8. The zero-order valence-electron chi connectivity index (χ0n) is 46.1. The minimum Gasteiger partial charge on any atom is -0.545 e. The van der Waals surface area contributed by atoms with E-state index in [0.29, 0.717) is 23.9 Å². The third-order valence-corrected chi connectivity index (χ3v) is 11.8. The Hall–Kier alpha value is -3.79. The van der Waals surface area contributed by atoms with Gasteiger partial charge < -0.3 is 33.3 Å². The molecule has 0 N–H and O–H groups in total. The van der Waals surface area contributed by atoms with Gasteiger partial charge in [0.2, 0.25) is 0 Å². The number of hydrogen-bond acceptors (Lipinski definition) is 8. The summed E-state index contributed by atoms with van der Waals surface area (Å²) in [7, 11) is 5.89. The van der Waals surface area contributed by atoms with Crippen LogP contribution in [0.15, 0.2) is 97.2 Å². The Morgan fingerprint density at radius 1 is 0.437 bits per heavy atom. The van der Waals surface area contributed by atoms with Crippen LogP contribution < -0.4 is 5.11 Å². The molecule has 0 rings (SSSR count). The van der Waals surface area contributed by atoms with E-state index in [1.54, 1.807) is 0 Å². The van der Waals surface area contributed by atoms with Crippen molar-refractivity contribution in [3.8, 4) is 0 Å². The molecule has 0 aromatic carbocycles. The highest BCUT2D eigenvalue weighted by molar-refractivity contribution is 5.70. The van der Waals surface area contributed by atoms with E-state index in [4.69, 9.17) is 18.9 Å². The van der Waals surface area contributed by atoms with Gasteiger partial charge in [0.1, 0.15) is 13.2 Å². The largest absolute Gasteiger partial charge is 0.545 e. The van der Waals surface area contributed by atoms with E-state index >= 15 is 0 Å². The number of ether oxygens (including phenoxy) is 4. The lowest BCUT2D eigenvalue weighted by atomic mass is 10.0. The maximum atomic E-state index is 12.8.